The van der Waals surface area contributed by atoms with Crippen LogP contribution in [-0.4, -0.2) is 15.0 Å². The van der Waals surface area contributed by atoms with Crippen LogP contribution in [0.25, 0.3) is 0 Å². The maximum atomic E-state index is 11.4. The maximum absolute atomic E-state index is 11.4. The molecule has 0 unspecified atom stereocenters. The molecular formula is C11H7Cl4N3OS. The number of aromatic nitrogens is 3. The van der Waals surface area contributed by atoms with Crippen molar-refractivity contribution in [3.63, 3.8) is 0 Å². The molecule has 2 aromatic heterocycles. The lowest BCUT2D eigenvalue weighted by Crippen LogP contribution is -2.08. The topological polar surface area (TPSA) is 58.6 Å². The van der Waals surface area contributed by atoms with Gasteiger partial charge in [-0.1, -0.05) is 58.2 Å². The van der Waals surface area contributed by atoms with Crippen molar-refractivity contribution in [3.05, 3.63) is 48.0 Å². The van der Waals surface area contributed by atoms with E-state index in [9.17, 15) is 4.79 Å². The lowest BCUT2D eigenvalue weighted by molar-refractivity contribution is 0.905. The minimum absolute atomic E-state index is 0.0855. The number of thioether (sulfide) groups is 1. The van der Waals surface area contributed by atoms with Crippen LogP contribution in [0, 0.1) is 6.92 Å². The molecule has 2 heterocycles. The first-order valence-corrected chi connectivity index (χ1v) is 7.78. The summed E-state index contributed by atoms with van der Waals surface area (Å²) in [6, 6.07) is 1.41. The smallest absolute Gasteiger partial charge is 0.251 e. The Hall–Kier alpha value is -0.460. The number of aromatic amines is 1. The van der Waals surface area contributed by atoms with Gasteiger partial charge in [-0.25, -0.2) is 9.97 Å². The molecule has 0 saturated heterocycles. The van der Waals surface area contributed by atoms with Crippen molar-refractivity contribution < 1.29 is 0 Å². The van der Waals surface area contributed by atoms with Crippen LogP contribution in [0.3, 0.4) is 0 Å². The zero-order valence-electron chi connectivity index (χ0n) is 10.0. The first kappa shape index (κ1) is 15.9. The van der Waals surface area contributed by atoms with Gasteiger partial charge in [0.25, 0.3) is 5.56 Å². The second kappa shape index (κ2) is 6.54. The Bertz CT molecular complexity index is 693. The van der Waals surface area contributed by atoms with Crippen molar-refractivity contribution in [2.45, 2.75) is 17.8 Å². The molecule has 0 spiro atoms. The van der Waals surface area contributed by atoms with E-state index in [4.69, 9.17) is 46.4 Å². The van der Waals surface area contributed by atoms with Crippen LogP contribution in [0.4, 0.5) is 0 Å². The van der Waals surface area contributed by atoms with Crippen LogP contribution in [-0.2, 0) is 5.75 Å². The number of halogens is 4. The van der Waals surface area contributed by atoms with Crippen molar-refractivity contribution in [2.75, 3.05) is 0 Å². The van der Waals surface area contributed by atoms with Crippen molar-refractivity contribution in [1.29, 1.82) is 0 Å². The third-order valence-corrected chi connectivity index (χ3v) is 4.74. The summed E-state index contributed by atoms with van der Waals surface area (Å²) in [5, 5.41) is 1.11. The average Bonchev–Trinajstić information content (AvgIpc) is 2.35. The molecule has 0 radical (unpaired) electrons. The summed E-state index contributed by atoms with van der Waals surface area (Å²) >= 11 is 25.1. The third-order valence-electron chi connectivity index (χ3n) is 2.29. The average molecular weight is 371 g/mol. The van der Waals surface area contributed by atoms with Crippen molar-refractivity contribution >= 4 is 58.2 Å². The minimum Gasteiger partial charge on any atom is -0.301 e. The van der Waals surface area contributed by atoms with E-state index in [1.54, 1.807) is 6.92 Å². The van der Waals surface area contributed by atoms with Crippen LogP contribution < -0.4 is 5.56 Å². The number of pyridine rings is 1. The number of rotatable bonds is 3. The molecule has 2 aromatic rings. The molecule has 0 aliphatic carbocycles. The molecule has 0 amide bonds. The molecule has 9 heteroatoms. The highest BCUT2D eigenvalue weighted by Crippen LogP contribution is 2.37. The third kappa shape index (κ3) is 3.59. The summed E-state index contributed by atoms with van der Waals surface area (Å²) in [5.74, 6) is 0.353. The highest BCUT2D eigenvalue weighted by molar-refractivity contribution is 7.98. The highest BCUT2D eigenvalue weighted by atomic mass is 35.5. The van der Waals surface area contributed by atoms with Crippen LogP contribution in [0.5, 0.6) is 0 Å². The zero-order chi connectivity index (χ0) is 14.9. The van der Waals surface area contributed by atoms with Gasteiger partial charge < -0.3 is 4.98 Å². The lowest BCUT2D eigenvalue weighted by Gasteiger charge is -2.09. The van der Waals surface area contributed by atoms with Gasteiger partial charge in [-0.2, -0.15) is 0 Å². The van der Waals surface area contributed by atoms with Gasteiger partial charge in [-0.15, -0.1) is 0 Å². The molecular weight excluding hydrogens is 364 g/mol. The number of hydrogen-bond acceptors (Lipinski definition) is 4. The van der Waals surface area contributed by atoms with Crippen molar-refractivity contribution in [3.8, 4) is 0 Å². The van der Waals surface area contributed by atoms with E-state index in [2.05, 4.69) is 15.0 Å². The van der Waals surface area contributed by atoms with Gasteiger partial charge in [-0.05, 0) is 6.92 Å². The summed E-state index contributed by atoms with van der Waals surface area (Å²) in [5.41, 5.74) is 0.953. The summed E-state index contributed by atoms with van der Waals surface area (Å²) in [6.45, 7) is 1.74. The SMILES string of the molecule is Cc1cc(=O)[nH]c(SCc2c(Cl)c(Cl)nc(Cl)c2Cl)n1. The van der Waals surface area contributed by atoms with E-state index in [-0.39, 0.29) is 25.9 Å². The molecule has 0 fully saturated rings. The summed E-state index contributed by atoms with van der Waals surface area (Å²) in [7, 11) is 0. The highest BCUT2D eigenvalue weighted by Gasteiger charge is 2.16. The monoisotopic (exact) mass is 369 g/mol. The molecule has 4 nitrogen and oxygen atoms in total. The van der Waals surface area contributed by atoms with Gasteiger partial charge >= 0.3 is 0 Å². The largest absolute Gasteiger partial charge is 0.301 e. The summed E-state index contributed by atoms with van der Waals surface area (Å²) < 4.78 is 0. The van der Waals surface area contributed by atoms with E-state index >= 15 is 0 Å². The number of nitrogens with one attached hydrogen (secondary N) is 1. The number of nitrogens with zero attached hydrogens (tertiary/aromatic N) is 2. The Labute approximate surface area is 138 Å². The zero-order valence-corrected chi connectivity index (χ0v) is 13.8. The molecule has 0 saturated carbocycles. The Kier molecular flexibility index (Phi) is 5.20. The molecule has 20 heavy (non-hydrogen) atoms. The fraction of sp³-hybridized carbons (Fsp3) is 0.182. The molecule has 106 valence electrons. The number of hydrogen-bond donors (Lipinski definition) is 1. The Morgan fingerprint density at radius 1 is 1.15 bits per heavy atom. The standard InChI is InChI=1S/C11H7Cl4N3OS/c1-4-2-6(19)17-11(16-4)20-3-5-7(12)9(14)18-10(15)8(5)13/h2H,3H2,1H3,(H,16,17,19). The second-order valence-corrected chi connectivity index (χ2v) is 6.22. The molecule has 2 rings (SSSR count). The van der Waals surface area contributed by atoms with Gasteiger partial charge in [0.1, 0.15) is 10.3 Å². The first-order valence-electron chi connectivity index (χ1n) is 5.28. The maximum Gasteiger partial charge on any atom is 0.251 e. The van der Waals surface area contributed by atoms with Crippen molar-refractivity contribution in [2.24, 2.45) is 0 Å². The summed E-state index contributed by atoms with van der Waals surface area (Å²) in [6.07, 6.45) is 0. The summed E-state index contributed by atoms with van der Waals surface area (Å²) in [4.78, 5) is 22.0. The Morgan fingerprint density at radius 3 is 2.30 bits per heavy atom. The van der Waals surface area contributed by atoms with Crippen molar-refractivity contribution in [1.82, 2.24) is 15.0 Å². The van der Waals surface area contributed by atoms with Crippen LogP contribution in [0.1, 0.15) is 11.3 Å². The molecule has 0 aliphatic heterocycles. The Balaban J connectivity index is 2.29. The van der Waals surface area contributed by atoms with E-state index in [0.29, 0.717) is 22.2 Å². The van der Waals surface area contributed by atoms with E-state index in [1.165, 1.54) is 17.8 Å². The van der Waals surface area contributed by atoms with Crippen LogP contribution in [0.2, 0.25) is 20.4 Å². The van der Waals surface area contributed by atoms with E-state index in [1.807, 2.05) is 0 Å². The van der Waals surface area contributed by atoms with E-state index < -0.39 is 0 Å². The predicted octanol–water partition coefficient (Wildman–Crippen LogP) is 4.38. The second-order valence-electron chi connectivity index (χ2n) is 3.78. The fourth-order valence-corrected chi connectivity index (χ4v) is 3.42. The van der Waals surface area contributed by atoms with E-state index in [0.717, 1.165) is 0 Å². The lowest BCUT2D eigenvalue weighted by atomic mass is 10.3. The first-order chi connectivity index (χ1) is 9.38. The number of aryl methyl sites for hydroxylation is 1. The molecule has 0 aromatic carbocycles. The quantitative estimate of drug-likeness (QED) is 0.494. The normalized spacial score (nSPS) is 10.8. The minimum atomic E-state index is -0.219. The van der Waals surface area contributed by atoms with Gasteiger partial charge in [0.2, 0.25) is 0 Å². The molecule has 0 bridgehead atoms. The fourth-order valence-electron chi connectivity index (χ4n) is 1.42. The van der Waals surface area contributed by atoms with Gasteiger partial charge in [0, 0.05) is 23.1 Å². The Morgan fingerprint density at radius 2 is 1.75 bits per heavy atom. The van der Waals surface area contributed by atoms with Gasteiger partial charge in [0.05, 0.1) is 10.0 Å². The molecule has 1 N–H and O–H groups in total. The predicted molar refractivity (Wildman–Crippen MR) is 83.4 cm³/mol. The number of H-pyrrole nitrogens is 1. The van der Waals surface area contributed by atoms with Crippen LogP contribution in [0.15, 0.2) is 16.0 Å². The van der Waals surface area contributed by atoms with Gasteiger partial charge in [-0.3, -0.25) is 4.79 Å². The molecule has 0 atom stereocenters. The van der Waals surface area contributed by atoms with Crippen LogP contribution >= 0.6 is 58.2 Å². The molecule has 0 aliphatic rings. The van der Waals surface area contributed by atoms with Gasteiger partial charge in [0.15, 0.2) is 5.16 Å².